The summed E-state index contributed by atoms with van der Waals surface area (Å²) < 4.78 is 83.5. The lowest BCUT2D eigenvalue weighted by Gasteiger charge is -2.43. The van der Waals surface area contributed by atoms with Crippen LogP contribution in [0.15, 0.2) is 28.8 Å². The monoisotopic (exact) mass is 491 g/mol. The Kier molecular flexibility index (Phi) is 6.14. The van der Waals surface area contributed by atoms with Gasteiger partial charge in [0.25, 0.3) is 0 Å². The molecule has 2 aliphatic heterocycles. The Morgan fingerprint density at radius 1 is 1.15 bits per heavy atom. The number of hydrogen-bond donors (Lipinski definition) is 0. The fourth-order valence-corrected chi connectivity index (χ4v) is 5.92. The van der Waals surface area contributed by atoms with E-state index in [2.05, 4.69) is 15.6 Å². The maximum Gasteiger partial charge on any atom is 0.452 e. The number of amides is 1. The Balaban J connectivity index is 1.62. The first kappa shape index (κ1) is 23.5. The van der Waals surface area contributed by atoms with Crippen LogP contribution >= 0.6 is 0 Å². The van der Waals surface area contributed by atoms with Crippen LogP contribution in [0.5, 0.6) is 0 Å². The highest BCUT2D eigenvalue weighted by molar-refractivity contribution is 8.00. The van der Waals surface area contributed by atoms with Crippen LogP contribution in [0, 0.1) is 17.6 Å². The van der Waals surface area contributed by atoms with Crippen LogP contribution in [-0.4, -0.2) is 57.2 Å². The first-order chi connectivity index (χ1) is 15.4. The average Bonchev–Trinajstić information content (AvgIpc) is 3.24. The highest BCUT2D eigenvalue weighted by Crippen LogP contribution is 2.35. The number of rotatable bonds is 3. The summed E-state index contributed by atoms with van der Waals surface area (Å²) in [7, 11) is -2.20. The largest absolute Gasteiger partial charge is 0.452 e. The molecule has 3 heterocycles. The molecule has 4 rings (SSSR count). The van der Waals surface area contributed by atoms with Crippen LogP contribution in [0.4, 0.5) is 27.8 Å². The third-order valence-electron chi connectivity index (χ3n) is 6.11. The lowest BCUT2D eigenvalue weighted by molar-refractivity contribution is -0.155. The maximum absolute atomic E-state index is 14.7. The smallest absolute Gasteiger partial charge is 0.350 e. The zero-order valence-electron chi connectivity index (χ0n) is 17.5. The minimum absolute atomic E-state index is 0.0470. The predicted octanol–water partition coefficient (Wildman–Crippen LogP) is 3.49. The lowest BCUT2D eigenvalue weighted by atomic mass is 9.96. The molecule has 0 saturated carbocycles. The second-order valence-corrected chi connectivity index (χ2v) is 11.1. The van der Waals surface area contributed by atoms with Crippen molar-refractivity contribution in [2.24, 2.45) is 5.92 Å². The third-order valence-corrected chi connectivity index (χ3v) is 8.07. The van der Waals surface area contributed by atoms with Crippen molar-refractivity contribution >= 4 is 27.1 Å². The van der Waals surface area contributed by atoms with Crippen LogP contribution in [0.2, 0.25) is 0 Å². The predicted molar refractivity (Wildman–Crippen MR) is 112 cm³/mol. The molecule has 0 aliphatic carbocycles. The summed E-state index contributed by atoms with van der Waals surface area (Å²) in [6.45, 7) is 0.176. The second kappa shape index (κ2) is 8.62. The Labute approximate surface area is 187 Å². The number of benzene rings is 1. The number of piperazine rings is 1. The average molecular weight is 491 g/mol. The van der Waals surface area contributed by atoms with Crippen LogP contribution in [0.3, 0.4) is 0 Å². The molecule has 0 N–H and O–H groups in total. The molecule has 2 aromatic rings. The van der Waals surface area contributed by atoms with E-state index < -0.39 is 45.1 Å². The molecule has 2 aliphatic rings. The van der Waals surface area contributed by atoms with Crippen molar-refractivity contribution in [3.05, 3.63) is 47.2 Å². The fraction of sp³-hybridized carbons (Fsp3) is 0.476. The molecule has 0 bridgehead atoms. The Morgan fingerprint density at radius 3 is 2.45 bits per heavy atom. The molecular formula is C21H22F5N3O3S. The van der Waals surface area contributed by atoms with Gasteiger partial charge in [0.15, 0.2) is 5.82 Å². The van der Waals surface area contributed by atoms with Crippen LogP contribution in [-0.2, 0) is 20.5 Å². The Hall–Kier alpha value is -2.63. The van der Waals surface area contributed by atoms with E-state index in [0.29, 0.717) is 30.4 Å². The van der Waals surface area contributed by atoms with Gasteiger partial charge < -0.3 is 14.3 Å². The zero-order chi connectivity index (χ0) is 24.0. The summed E-state index contributed by atoms with van der Waals surface area (Å²) in [4.78, 5) is 16.3. The number of alkyl halides is 3. The van der Waals surface area contributed by atoms with Gasteiger partial charge in [-0.3, -0.25) is 9.00 Å². The summed E-state index contributed by atoms with van der Waals surface area (Å²) in [5, 5.41) is 3.48. The first-order valence-corrected chi connectivity index (χ1v) is 12.4. The van der Waals surface area contributed by atoms with Gasteiger partial charge in [-0.15, -0.1) is 0 Å². The summed E-state index contributed by atoms with van der Waals surface area (Å²) in [6, 6.07) is 2.86. The molecule has 1 aromatic heterocycles. The molecule has 2 saturated heterocycles. The van der Waals surface area contributed by atoms with Crippen molar-refractivity contribution in [3.63, 3.8) is 0 Å². The maximum atomic E-state index is 14.7. The number of anilines is 1. The number of aromatic nitrogens is 1. The molecule has 12 heteroatoms. The molecular weight excluding hydrogens is 469 g/mol. The third kappa shape index (κ3) is 4.99. The summed E-state index contributed by atoms with van der Waals surface area (Å²) in [5.41, 5.74) is 0.0470. The molecule has 1 atom stereocenters. The van der Waals surface area contributed by atoms with Gasteiger partial charge in [0.2, 0.25) is 11.7 Å². The normalized spacial score (nSPS) is 26.5. The molecule has 180 valence electrons. The standard InChI is InChI=1S/C21H22F5N3O3S/c1-33(31)8-4-13(5-9-33)20(30)29-7-6-28(19-11-18(32-27-19)21(24,25)26)12-17(29)15-3-2-14(22)10-16(15)23/h2-3,10-11,13,17H,1,4-9,12H2. The minimum atomic E-state index is -4.71. The minimum Gasteiger partial charge on any atom is -0.350 e. The van der Waals surface area contributed by atoms with Crippen molar-refractivity contribution < 1.29 is 35.5 Å². The molecule has 1 unspecified atom stereocenters. The molecule has 33 heavy (non-hydrogen) atoms. The Bertz CT molecular complexity index is 1130. The summed E-state index contributed by atoms with van der Waals surface area (Å²) >= 11 is 0. The molecule has 1 amide bonds. The fourth-order valence-electron chi connectivity index (χ4n) is 4.28. The van der Waals surface area contributed by atoms with Crippen LogP contribution in [0.1, 0.15) is 30.2 Å². The van der Waals surface area contributed by atoms with Crippen molar-refractivity contribution in [1.82, 2.24) is 10.1 Å². The van der Waals surface area contributed by atoms with Crippen LogP contribution in [0.25, 0.3) is 0 Å². The Morgan fingerprint density at radius 2 is 1.85 bits per heavy atom. The number of nitrogens with zero attached hydrogens (tertiary/aromatic N) is 3. The van der Waals surface area contributed by atoms with Crippen molar-refractivity contribution in [3.8, 4) is 0 Å². The van der Waals surface area contributed by atoms with Crippen molar-refractivity contribution in [2.45, 2.75) is 25.1 Å². The lowest BCUT2D eigenvalue weighted by Crippen LogP contribution is -2.53. The molecule has 6 nitrogen and oxygen atoms in total. The van der Waals surface area contributed by atoms with E-state index in [9.17, 15) is 31.0 Å². The van der Waals surface area contributed by atoms with Gasteiger partial charge in [-0.05, 0) is 34.3 Å². The van der Waals surface area contributed by atoms with E-state index in [4.69, 9.17) is 0 Å². The SMILES string of the molecule is C=S1(=O)CCC(C(=O)N2CCN(c3cc(C(F)(F)F)on3)CC2c2ccc(F)cc2F)CC1. The molecule has 1 aromatic carbocycles. The second-order valence-electron chi connectivity index (χ2n) is 8.35. The van der Waals surface area contributed by atoms with E-state index in [-0.39, 0.29) is 36.9 Å². The number of carbonyl (C=O) groups excluding carboxylic acids is 1. The van der Waals surface area contributed by atoms with Crippen LogP contribution < -0.4 is 4.90 Å². The van der Waals surface area contributed by atoms with Gasteiger partial charge in [-0.2, -0.15) is 13.2 Å². The molecule has 0 spiro atoms. The summed E-state index contributed by atoms with van der Waals surface area (Å²) in [6.07, 6.45) is -3.93. The van der Waals surface area contributed by atoms with E-state index in [1.54, 1.807) is 0 Å². The van der Waals surface area contributed by atoms with Gasteiger partial charge in [0.05, 0.1) is 6.04 Å². The highest BCUT2D eigenvalue weighted by atomic mass is 32.2. The first-order valence-electron chi connectivity index (χ1n) is 10.3. The van der Waals surface area contributed by atoms with E-state index in [0.717, 1.165) is 12.1 Å². The zero-order valence-corrected chi connectivity index (χ0v) is 18.3. The number of halogens is 5. The summed E-state index contributed by atoms with van der Waals surface area (Å²) in [5.74, 6) is 0.663. The van der Waals surface area contributed by atoms with Crippen molar-refractivity contribution in [2.75, 3.05) is 36.0 Å². The topological polar surface area (TPSA) is 66.7 Å². The van der Waals surface area contributed by atoms with Crippen molar-refractivity contribution in [1.29, 1.82) is 0 Å². The van der Waals surface area contributed by atoms with Gasteiger partial charge in [0.1, 0.15) is 11.6 Å². The van der Waals surface area contributed by atoms with Gasteiger partial charge in [-0.25, -0.2) is 8.78 Å². The highest BCUT2D eigenvalue weighted by Gasteiger charge is 2.40. The van der Waals surface area contributed by atoms with Gasteiger partial charge >= 0.3 is 6.18 Å². The van der Waals surface area contributed by atoms with Gasteiger partial charge in [-0.1, -0.05) is 11.2 Å². The molecule has 0 radical (unpaired) electrons. The number of hydrogen-bond acceptors (Lipinski definition) is 5. The quantitative estimate of drug-likeness (QED) is 0.486. The van der Waals surface area contributed by atoms with E-state index in [1.165, 1.54) is 15.9 Å². The molecule has 2 fully saturated rings. The number of carbonyl (C=O) groups is 1. The van der Waals surface area contributed by atoms with Gasteiger partial charge in [0, 0.05) is 54.8 Å². The van der Waals surface area contributed by atoms with E-state index >= 15 is 0 Å². The van der Waals surface area contributed by atoms with E-state index in [1.807, 2.05) is 0 Å².